The van der Waals surface area contributed by atoms with E-state index < -0.39 is 0 Å². The summed E-state index contributed by atoms with van der Waals surface area (Å²) in [6, 6.07) is 22.9. The first-order chi connectivity index (χ1) is 16.2. The summed E-state index contributed by atoms with van der Waals surface area (Å²) in [7, 11) is 0. The van der Waals surface area contributed by atoms with Crippen molar-refractivity contribution >= 4 is 47.2 Å². The highest BCUT2D eigenvalue weighted by Crippen LogP contribution is 2.45. The van der Waals surface area contributed by atoms with Crippen LogP contribution in [0.1, 0.15) is 21.3 Å². The van der Waals surface area contributed by atoms with Gasteiger partial charge in [-0.05, 0) is 47.5 Å². The van der Waals surface area contributed by atoms with Crippen molar-refractivity contribution in [1.29, 1.82) is 0 Å². The molecule has 8 heteroatoms. The van der Waals surface area contributed by atoms with Crippen LogP contribution in [0.15, 0.2) is 77.9 Å². The fraction of sp³-hybridized carbons (Fsp3) is 0.200. The minimum absolute atomic E-state index is 0.113. The zero-order valence-electron chi connectivity index (χ0n) is 17.8. The molecule has 0 spiro atoms. The van der Waals surface area contributed by atoms with Gasteiger partial charge in [0.1, 0.15) is 18.1 Å². The smallest absolute Gasteiger partial charge is 0.277 e. The summed E-state index contributed by atoms with van der Waals surface area (Å²) in [5, 5.41) is 4.73. The van der Waals surface area contributed by atoms with E-state index in [0.717, 1.165) is 11.1 Å². The predicted molar refractivity (Wildman–Crippen MR) is 138 cm³/mol. The maximum Gasteiger partial charge on any atom is 0.277 e. The van der Waals surface area contributed by atoms with E-state index in [2.05, 4.69) is 22.7 Å². The molecule has 1 saturated heterocycles. The maximum absolute atomic E-state index is 12.1. The fourth-order valence-electron chi connectivity index (χ4n) is 3.09. The van der Waals surface area contributed by atoms with E-state index in [1.165, 1.54) is 17.1 Å². The molecule has 1 fully saturated rings. The molecule has 0 aromatic heterocycles. The third kappa shape index (κ3) is 7.19. The SMILES string of the molecule is O=C(COc1ccc(C2SCCS2)cc1)N/N=C\c1ccccc1OCc1ccc(Cl)cc1. The van der Waals surface area contributed by atoms with Gasteiger partial charge in [-0.1, -0.05) is 48.0 Å². The van der Waals surface area contributed by atoms with Crippen LogP contribution in [-0.2, 0) is 11.4 Å². The average molecular weight is 499 g/mol. The van der Waals surface area contributed by atoms with Crippen molar-refractivity contribution in [3.8, 4) is 11.5 Å². The van der Waals surface area contributed by atoms with E-state index in [1.807, 2.05) is 84.2 Å². The van der Waals surface area contributed by atoms with Gasteiger partial charge in [0, 0.05) is 22.1 Å². The number of ether oxygens (including phenoxy) is 2. The van der Waals surface area contributed by atoms with Gasteiger partial charge >= 0.3 is 0 Å². The number of hydrogen-bond acceptors (Lipinski definition) is 6. The van der Waals surface area contributed by atoms with Crippen molar-refractivity contribution in [3.63, 3.8) is 0 Å². The van der Waals surface area contributed by atoms with Crippen LogP contribution < -0.4 is 14.9 Å². The Hall–Kier alpha value is -2.61. The zero-order valence-corrected chi connectivity index (χ0v) is 20.2. The Morgan fingerprint density at radius 2 is 1.73 bits per heavy atom. The summed E-state index contributed by atoms with van der Waals surface area (Å²) in [4.78, 5) is 12.1. The Balaban J connectivity index is 1.24. The van der Waals surface area contributed by atoms with E-state index in [0.29, 0.717) is 27.7 Å². The van der Waals surface area contributed by atoms with Crippen molar-refractivity contribution in [2.24, 2.45) is 5.10 Å². The topological polar surface area (TPSA) is 59.9 Å². The van der Waals surface area contributed by atoms with Gasteiger partial charge in [-0.3, -0.25) is 4.79 Å². The number of carbonyl (C=O) groups excluding carboxylic acids is 1. The summed E-state index contributed by atoms with van der Waals surface area (Å²) in [6.45, 7) is 0.289. The van der Waals surface area contributed by atoms with Gasteiger partial charge in [-0.2, -0.15) is 5.10 Å². The highest BCUT2D eigenvalue weighted by Gasteiger charge is 2.18. The molecule has 0 saturated carbocycles. The molecule has 0 radical (unpaired) electrons. The van der Waals surface area contributed by atoms with Crippen LogP contribution >= 0.6 is 35.1 Å². The third-order valence-electron chi connectivity index (χ3n) is 4.76. The van der Waals surface area contributed by atoms with Crippen molar-refractivity contribution in [1.82, 2.24) is 5.43 Å². The third-order valence-corrected chi connectivity index (χ3v) is 8.12. The average Bonchev–Trinajstić information content (AvgIpc) is 3.39. The molecule has 1 aliphatic heterocycles. The molecule has 5 nitrogen and oxygen atoms in total. The van der Waals surface area contributed by atoms with Gasteiger partial charge in [0.25, 0.3) is 5.91 Å². The lowest BCUT2D eigenvalue weighted by Gasteiger charge is -2.10. The molecule has 1 heterocycles. The number of benzene rings is 3. The number of carbonyl (C=O) groups is 1. The Morgan fingerprint density at radius 1 is 1.00 bits per heavy atom. The Morgan fingerprint density at radius 3 is 2.48 bits per heavy atom. The van der Waals surface area contributed by atoms with E-state index >= 15 is 0 Å². The number of nitrogens with one attached hydrogen (secondary N) is 1. The molecular formula is C25H23ClN2O3S2. The highest BCUT2D eigenvalue weighted by atomic mass is 35.5. The first-order valence-electron chi connectivity index (χ1n) is 10.4. The van der Waals surface area contributed by atoms with E-state index in [1.54, 1.807) is 6.21 Å². The van der Waals surface area contributed by atoms with Crippen molar-refractivity contribution in [3.05, 3.63) is 94.5 Å². The standard InChI is InChI=1S/C25H23ClN2O3S2/c26-21-9-5-18(6-10-21)16-31-23-4-2-1-3-20(23)15-27-28-24(29)17-30-22-11-7-19(8-12-22)25-32-13-14-33-25/h1-12,15,25H,13-14,16-17H2,(H,28,29)/b27-15-. The van der Waals surface area contributed by atoms with Crippen LogP contribution in [0.4, 0.5) is 0 Å². The maximum atomic E-state index is 12.1. The number of thioether (sulfide) groups is 2. The largest absolute Gasteiger partial charge is 0.488 e. The Labute approximate surface area is 206 Å². The normalized spacial score (nSPS) is 13.8. The molecule has 0 unspecified atom stereocenters. The second-order valence-corrected chi connectivity index (χ2v) is 10.3. The molecule has 3 aromatic carbocycles. The number of nitrogens with zero attached hydrogens (tertiary/aromatic N) is 1. The summed E-state index contributed by atoms with van der Waals surface area (Å²) in [5.74, 6) is 3.37. The van der Waals surface area contributed by atoms with Crippen LogP contribution in [-0.4, -0.2) is 30.2 Å². The lowest BCUT2D eigenvalue weighted by Crippen LogP contribution is -2.24. The van der Waals surface area contributed by atoms with Gasteiger partial charge in [0.15, 0.2) is 6.61 Å². The van der Waals surface area contributed by atoms with Crippen LogP contribution in [0, 0.1) is 0 Å². The molecular weight excluding hydrogens is 476 g/mol. The number of rotatable bonds is 9. The highest BCUT2D eigenvalue weighted by molar-refractivity contribution is 8.19. The van der Waals surface area contributed by atoms with Gasteiger partial charge in [0.2, 0.25) is 0 Å². The molecule has 170 valence electrons. The molecule has 0 bridgehead atoms. The lowest BCUT2D eigenvalue weighted by atomic mass is 10.2. The first kappa shape index (κ1) is 23.5. The van der Waals surface area contributed by atoms with Gasteiger partial charge in [0.05, 0.1) is 10.8 Å². The quantitative estimate of drug-likeness (QED) is 0.293. The predicted octanol–water partition coefficient (Wildman–Crippen LogP) is 5.93. The van der Waals surface area contributed by atoms with Gasteiger partial charge < -0.3 is 9.47 Å². The van der Waals surface area contributed by atoms with Gasteiger partial charge in [-0.25, -0.2) is 5.43 Å². The van der Waals surface area contributed by atoms with Crippen LogP contribution in [0.5, 0.6) is 11.5 Å². The molecule has 0 atom stereocenters. The second kappa shape index (κ2) is 12.0. The lowest BCUT2D eigenvalue weighted by molar-refractivity contribution is -0.123. The zero-order chi connectivity index (χ0) is 22.9. The molecule has 3 aromatic rings. The van der Waals surface area contributed by atoms with Crippen LogP contribution in [0.2, 0.25) is 5.02 Å². The minimum atomic E-state index is -0.336. The number of para-hydroxylation sites is 1. The van der Waals surface area contributed by atoms with Crippen LogP contribution in [0.3, 0.4) is 0 Å². The first-order valence-corrected chi connectivity index (χ1v) is 12.9. The molecule has 33 heavy (non-hydrogen) atoms. The Kier molecular flexibility index (Phi) is 8.58. The number of halogens is 1. The van der Waals surface area contributed by atoms with Crippen molar-refractivity contribution in [2.45, 2.75) is 11.2 Å². The Bertz CT molecular complexity index is 1090. The second-order valence-electron chi connectivity index (χ2n) is 7.18. The fourth-order valence-corrected chi connectivity index (χ4v) is 6.07. The number of amides is 1. The van der Waals surface area contributed by atoms with Crippen molar-refractivity contribution in [2.75, 3.05) is 18.1 Å². The number of hydrogen-bond donors (Lipinski definition) is 1. The van der Waals surface area contributed by atoms with Crippen molar-refractivity contribution < 1.29 is 14.3 Å². The monoisotopic (exact) mass is 498 g/mol. The molecule has 0 aliphatic carbocycles. The summed E-state index contributed by atoms with van der Waals surface area (Å²) in [6.07, 6.45) is 1.56. The summed E-state index contributed by atoms with van der Waals surface area (Å²) >= 11 is 9.84. The minimum Gasteiger partial charge on any atom is -0.488 e. The van der Waals surface area contributed by atoms with E-state index in [4.69, 9.17) is 21.1 Å². The van der Waals surface area contributed by atoms with E-state index in [-0.39, 0.29) is 12.5 Å². The summed E-state index contributed by atoms with van der Waals surface area (Å²) < 4.78 is 12.0. The van der Waals surface area contributed by atoms with Gasteiger partial charge in [-0.15, -0.1) is 23.5 Å². The molecule has 4 rings (SSSR count). The molecule has 1 amide bonds. The summed E-state index contributed by atoms with van der Waals surface area (Å²) in [5.41, 5.74) is 5.53. The van der Waals surface area contributed by atoms with Crippen LogP contribution in [0.25, 0.3) is 0 Å². The molecule has 1 N–H and O–H groups in total. The van der Waals surface area contributed by atoms with E-state index in [9.17, 15) is 4.79 Å². The molecule has 1 aliphatic rings. The number of hydrazone groups is 1.